The van der Waals surface area contributed by atoms with E-state index in [0.717, 1.165) is 18.5 Å². The van der Waals surface area contributed by atoms with Crippen LogP contribution in [0, 0.1) is 7.14 Å². The van der Waals surface area contributed by atoms with Gasteiger partial charge in [0.1, 0.15) is 5.69 Å². The Kier molecular flexibility index (Phi) is 2.58. The van der Waals surface area contributed by atoms with Crippen molar-refractivity contribution in [2.75, 3.05) is 0 Å². The summed E-state index contributed by atoms with van der Waals surface area (Å²) < 4.78 is 4.02. The molecule has 0 atom stereocenters. The second kappa shape index (κ2) is 3.56. The lowest BCUT2D eigenvalue weighted by atomic mass is 10.3. The number of hydrogen-bond donors (Lipinski definition) is 1. The molecule has 0 aliphatic carbocycles. The highest BCUT2D eigenvalue weighted by molar-refractivity contribution is 14.1. The molecule has 0 fully saturated rings. The monoisotopic (exact) mass is 400 g/mol. The molecule has 0 saturated heterocycles. The Morgan fingerprint density at radius 1 is 1.38 bits per heavy atom. The summed E-state index contributed by atoms with van der Waals surface area (Å²) in [6.07, 6.45) is 3.77. The molecule has 0 aliphatic rings. The second-order valence-corrected chi connectivity index (χ2v) is 4.92. The maximum atomic E-state index is 4.35. The van der Waals surface area contributed by atoms with Gasteiger partial charge in [-0.15, -0.1) is 0 Å². The summed E-state index contributed by atoms with van der Waals surface area (Å²) in [6.45, 7) is 0. The Morgan fingerprint density at radius 2 is 2.15 bits per heavy atom. The van der Waals surface area contributed by atoms with Gasteiger partial charge in [-0.05, 0) is 45.2 Å². The van der Waals surface area contributed by atoms with Crippen LogP contribution in [0.5, 0.6) is 0 Å². The molecule has 13 heavy (non-hydrogen) atoms. The van der Waals surface area contributed by atoms with Crippen LogP contribution in [0.3, 0.4) is 0 Å². The number of aromatic nitrogens is 4. The molecule has 2 heterocycles. The zero-order chi connectivity index (χ0) is 9.42. The minimum Gasteiger partial charge on any atom is -0.275 e. The number of aromatic amines is 1. The smallest absolute Gasteiger partial charge is 0.124 e. The number of halogens is 2. The van der Waals surface area contributed by atoms with Gasteiger partial charge in [-0.1, -0.05) is 0 Å². The summed E-state index contributed by atoms with van der Waals surface area (Å²) >= 11 is 4.50. The first-order chi connectivity index (χ1) is 6.18. The molecule has 0 aliphatic heterocycles. The van der Waals surface area contributed by atoms with Crippen LogP contribution in [-0.4, -0.2) is 20.0 Å². The Labute approximate surface area is 102 Å². The van der Waals surface area contributed by atoms with Crippen molar-refractivity contribution in [3.8, 4) is 11.4 Å². The topological polar surface area (TPSA) is 46.5 Å². The van der Waals surface area contributed by atoms with Gasteiger partial charge in [-0.3, -0.25) is 9.78 Å². The molecular weight excluding hydrogens is 394 g/mol. The SMILES string of the molecule is Cn1cc(I)c(-c2[nH]ncc2I)n1. The number of rotatable bonds is 1. The first kappa shape index (κ1) is 9.44. The lowest BCUT2D eigenvalue weighted by Gasteiger charge is -1.92. The zero-order valence-electron chi connectivity index (χ0n) is 6.75. The van der Waals surface area contributed by atoms with Gasteiger partial charge in [0, 0.05) is 13.2 Å². The molecule has 68 valence electrons. The van der Waals surface area contributed by atoms with Crippen molar-refractivity contribution in [1.29, 1.82) is 0 Å². The molecule has 0 saturated carbocycles. The summed E-state index contributed by atoms with van der Waals surface area (Å²) in [5.41, 5.74) is 1.95. The number of hydrogen-bond acceptors (Lipinski definition) is 2. The third-order valence-electron chi connectivity index (χ3n) is 1.61. The van der Waals surface area contributed by atoms with Crippen LogP contribution in [0.4, 0.5) is 0 Å². The average molecular weight is 400 g/mol. The maximum absolute atomic E-state index is 4.35. The van der Waals surface area contributed by atoms with E-state index in [-0.39, 0.29) is 0 Å². The molecular formula is C7H6I2N4. The Hall–Kier alpha value is -0.120. The Bertz CT molecular complexity index is 431. The molecule has 0 amide bonds. The van der Waals surface area contributed by atoms with Crippen LogP contribution in [0.15, 0.2) is 12.4 Å². The molecule has 0 bridgehead atoms. The fourth-order valence-electron chi connectivity index (χ4n) is 1.07. The zero-order valence-corrected chi connectivity index (χ0v) is 11.1. The summed E-state index contributed by atoms with van der Waals surface area (Å²) in [5.74, 6) is 0. The van der Waals surface area contributed by atoms with Crippen LogP contribution in [0.1, 0.15) is 0 Å². The molecule has 6 heteroatoms. The van der Waals surface area contributed by atoms with Crippen LogP contribution >= 0.6 is 45.2 Å². The largest absolute Gasteiger partial charge is 0.275 e. The van der Waals surface area contributed by atoms with Gasteiger partial charge in [-0.2, -0.15) is 10.2 Å². The molecule has 2 aromatic heterocycles. The highest BCUT2D eigenvalue weighted by atomic mass is 127. The van der Waals surface area contributed by atoms with Crippen LogP contribution in [0.25, 0.3) is 11.4 Å². The van der Waals surface area contributed by atoms with Gasteiger partial charge in [0.2, 0.25) is 0 Å². The van der Waals surface area contributed by atoms with E-state index >= 15 is 0 Å². The summed E-state index contributed by atoms with van der Waals surface area (Å²) in [5, 5.41) is 11.2. The van der Waals surface area contributed by atoms with Gasteiger partial charge in [0.25, 0.3) is 0 Å². The fourth-order valence-corrected chi connectivity index (χ4v) is 2.36. The van der Waals surface area contributed by atoms with Crippen molar-refractivity contribution in [2.24, 2.45) is 7.05 Å². The summed E-state index contributed by atoms with van der Waals surface area (Å²) in [7, 11) is 1.91. The van der Waals surface area contributed by atoms with Gasteiger partial charge in [-0.25, -0.2) is 0 Å². The van der Waals surface area contributed by atoms with Crippen molar-refractivity contribution in [1.82, 2.24) is 20.0 Å². The third-order valence-corrected chi connectivity index (χ3v) is 3.22. The fraction of sp³-hybridized carbons (Fsp3) is 0.143. The highest BCUT2D eigenvalue weighted by Crippen LogP contribution is 2.25. The van der Waals surface area contributed by atoms with Crippen LogP contribution in [-0.2, 0) is 7.05 Å². The molecule has 1 N–H and O–H groups in total. The Morgan fingerprint density at radius 3 is 2.62 bits per heavy atom. The molecule has 0 spiro atoms. The highest BCUT2D eigenvalue weighted by Gasteiger charge is 2.12. The van der Waals surface area contributed by atoms with E-state index in [2.05, 4.69) is 60.5 Å². The molecule has 4 nitrogen and oxygen atoms in total. The Balaban J connectivity index is 2.58. The van der Waals surface area contributed by atoms with Gasteiger partial charge < -0.3 is 0 Å². The van der Waals surface area contributed by atoms with E-state index in [1.807, 2.05) is 13.2 Å². The molecule has 0 radical (unpaired) electrons. The van der Waals surface area contributed by atoms with Crippen LogP contribution < -0.4 is 0 Å². The number of nitrogens with one attached hydrogen (secondary N) is 1. The lowest BCUT2D eigenvalue weighted by Crippen LogP contribution is -1.89. The van der Waals surface area contributed by atoms with E-state index in [9.17, 15) is 0 Å². The van der Waals surface area contributed by atoms with E-state index in [1.165, 1.54) is 0 Å². The second-order valence-electron chi connectivity index (χ2n) is 2.59. The first-order valence-corrected chi connectivity index (χ1v) is 5.72. The summed E-state index contributed by atoms with van der Waals surface area (Å²) in [6, 6.07) is 0. The summed E-state index contributed by atoms with van der Waals surface area (Å²) in [4.78, 5) is 0. The molecule has 2 rings (SSSR count). The first-order valence-electron chi connectivity index (χ1n) is 3.57. The van der Waals surface area contributed by atoms with Crippen molar-refractivity contribution in [3.63, 3.8) is 0 Å². The minimum absolute atomic E-state index is 0.963. The quantitative estimate of drug-likeness (QED) is 0.746. The predicted molar refractivity (Wildman–Crippen MR) is 66.2 cm³/mol. The van der Waals surface area contributed by atoms with Crippen molar-refractivity contribution >= 4 is 45.2 Å². The standard InChI is InChI=1S/C7H6I2N4/c1-13-3-5(9)7(12-13)6-4(8)2-10-11-6/h2-3H,1H3,(H,10,11). The van der Waals surface area contributed by atoms with Crippen LogP contribution in [0.2, 0.25) is 0 Å². The van der Waals surface area contributed by atoms with E-state index in [0.29, 0.717) is 0 Å². The van der Waals surface area contributed by atoms with Gasteiger partial charge >= 0.3 is 0 Å². The van der Waals surface area contributed by atoms with Crippen molar-refractivity contribution < 1.29 is 0 Å². The van der Waals surface area contributed by atoms with E-state index in [1.54, 1.807) is 10.9 Å². The van der Waals surface area contributed by atoms with Crippen molar-refractivity contribution in [3.05, 3.63) is 19.5 Å². The normalized spacial score (nSPS) is 10.7. The number of aryl methyl sites for hydroxylation is 1. The van der Waals surface area contributed by atoms with Gasteiger partial charge in [0.15, 0.2) is 0 Å². The minimum atomic E-state index is 0.963. The number of H-pyrrole nitrogens is 1. The molecule has 0 unspecified atom stereocenters. The van der Waals surface area contributed by atoms with Crippen molar-refractivity contribution in [2.45, 2.75) is 0 Å². The molecule has 2 aromatic rings. The van der Waals surface area contributed by atoms with E-state index < -0.39 is 0 Å². The third kappa shape index (κ3) is 1.73. The molecule has 0 aromatic carbocycles. The van der Waals surface area contributed by atoms with Gasteiger partial charge in [0.05, 0.1) is 19.0 Å². The number of nitrogens with zero attached hydrogens (tertiary/aromatic N) is 3. The maximum Gasteiger partial charge on any atom is 0.124 e. The lowest BCUT2D eigenvalue weighted by molar-refractivity contribution is 0.769. The predicted octanol–water partition coefficient (Wildman–Crippen LogP) is 2.02. The van der Waals surface area contributed by atoms with E-state index in [4.69, 9.17) is 0 Å². The average Bonchev–Trinajstić information content (AvgIpc) is 2.58.